The van der Waals surface area contributed by atoms with Crippen molar-refractivity contribution in [2.75, 3.05) is 28.6 Å². The van der Waals surface area contributed by atoms with E-state index in [0.717, 1.165) is 30.9 Å². The Morgan fingerprint density at radius 1 is 1.10 bits per heavy atom. The summed E-state index contributed by atoms with van der Waals surface area (Å²) in [5.74, 6) is 0.0502. The maximum atomic E-state index is 11.9. The zero-order valence-electron chi connectivity index (χ0n) is 11.7. The third-order valence-corrected chi connectivity index (χ3v) is 4.15. The van der Waals surface area contributed by atoms with Crippen LogP contribution in [-0.4, -0.2) is 19.0 Å². The molecule has 2 aliphatic heterocycles. The van der Waals surface area contributed by atoms with Gasteiger partial charge in [0.2, 0.25) is 5.91 Å². The Balaban J connectivity index is 1.69. The number of anilines is 3. The van der Waals surface area contributed by atoms with E-state index in [-0.39, 0.29) is 5.91 Å². The summed E-state index contributed by atoms with van der Waals surface area (Å²) >= 11 is 0. The van der Waals surface area contributed by atoms with Crippen molar-refractivity contribution < 1.29 is 4.79 Å². The van der Waals surface area contributed by atoms with E-state index in [1.165, 1.54) is 16.8 Å². The highest BCUT2D eigenvalue weighted by Crippen LogP contribution is 2.33. The number of carbonyl (C=O) groups excluding carboxylic acids is 1. The molecule has 2 N–H and O–H groups in total. The summed E-state index contributed by atoms with van der Waals surface area (Å²) in [6.07, 6.45) is 1.08. The van der Waals surface area contributed by atoms with Gasteiger partial charge in [-0.3, -0.25) is 4.79 Å². The lowest BCUT2D eigenvalue weighted by Crippen LogP contribution is -2.37. The molecule has 2 aliphatic rings. The summed E-state index contributed by atoms with van der Waals surface area (Å²) in [5, 5.41) is 6.40. The number of nitrogens with one attached hydrogen (secondary N) is 2. The molecule has 0 saturated carbocycles. The van der Waals surface area contributed by atoms with E-state index >= 15 is 0 Å². The first-order valence-corrected chi connectivity index (χ1v) is 7.30. The third-order valence-electron chi connectivity index (χ3n) is 4.15. The SMILES string of the molecule is O=C1CN(Cc2cccc3c2NCC3)c2ccccc2N1. The molecule has 2 aromatic rings. The van der Waals surface area contributed by atoms with E-state index in [4.69, 9.17) is 0 Å². The Labute approximate surface area is 123 Å². The van der Waals surface area contributed by atoms with Crippen LogP contribution in [0.4, 0.5) is 17.1 Å². The molecule has 0 radical (unpaired) electrons. The first-order chi connectivity index (χ1) is 10.3. The fourth-order valence-electron chi connectivity index (χ4n) is 3.19. The minimum absolute atomic E-state index is 0.0502. The lowest BCUT2D eigenvalue weighted by Gasteiger charge is -2.31. The molecule has 0 bridgehead atoms. The van der Waals surface area contributed by atoms with Crippen molar-refractivity contribution in [2.45, 2.75) is 13.0 Å². The predicted molar refractivity (Wildman–Crippen MR) is 84.8 cm³/mol. The molecule has 21 heavy (non-hydrogen) atoms. The predicted octanol–water partition coefficient (Wildman–Crippen LogP) is 2.61. The minimum Gasteiger partial charge on any atom is -0.384 e. The van der Waals surface area contributed by atoms with Crippen LogP contribution in [-0.2, 0) is 17.8 Å². The largest absolute Gasteiger partial charge is 0.384 e. The van der Waals surface area contributed by atoms with Gasteiger partial charge in [-0.05, 0) is 29.7 Å². The van der Waals surface area contributed by atoms with Crippen LogP contribution in [0.3, 0.4) is 0 Å². The number of para-hydroxylation sites is 3. The summed E-state index contributed by atoms with van der Waals surface area (Å²) in [7, 11) is 0. The molecule has 4 nitrogen and oxygen atoms in total. The van der Waals surface area contributed by atoms with E-state index in [1.54, 1.807) is 0 Å². The summed E-state index contributed by atoms with van der Waals surface area (Å²) < 4.78 is 0. The van der Waals surface area contributed by atoms with Gasteiger partial charge < -0.3 is 15.5 Å². The van der Waals surface area contributed by atoms with E-state index in [9.17, 15) is 4.79 Å². The van der Waals surface area contributed by atoms with Crippen molar-refractivity contribution in [3.8, 4) is 0 Å². The molecule has 0 saturated heterocycles. The topological polar surface area (TPSA) is 44.4 Å². The van der Waals surface area contributed by atoms with Crippen molar-refractivity contribution in [2.24, 2.45) is 0 Å². The number of carbonyl (C=O) groups is 1. The van der Waals surface area contributed by atoms with Gasteiger partial charge in [-0.25, -0.2) is 0 Å². The molecule has 1 amide bonds. The number of amides is 1. The van der Waals surface area contributed by atoms with Gasteiger partial charge in [0.25, 0.3) is 0 Å². The molecular formula is C17H17N3O. The van der Waals surface area contributed by atoms with E-state index in [1.807, 2.05) is 18.2 Å². The number of benzene rings is 2. The van der Waals surface area contributed by atoms with Crippen molar-refractivity contribution >= 4 is 23.0 Å². The number of hydrogen-bond acceptors (Lipinski definition) is 3. The Morgan fingerprint density at radius 2 is 2.00 bits per heavy atom. The second kappa shape index (κ2) is 4.81. The number of rotatable bonds is 2. The van der Waals surface area contributed by atoms with Gasteiger partial charge in [-0.1, -0.05) is 30.3 Å². The maximum Gasteiger partial charge on any atom is 0.243 e. The molecular weight excluding hydrogens is 262 g/mol. The standard InChI is InChI=1S/C17H17N3O/c21-16-11-20(15-7-2-1-6-14(15)19-16)10-13-5-3-4-12-8-9-18-17(12)13/h1-7,18H,8-11H2,(H,19,21). The maximum absolute atomic E-state index is 11.9. The molecule has 0 unspecified atom stereocenters. The summed E-state index contributed by atoms with van der Waals surface area (Å²) in [4.78, 5) is 14.0. The van der Waals surface area contributed by atoms with Gasteiger partial charge in [0, 0.05) is 18.8 Å². The molecule has 4 heteroatoms. The summed E-state index contributed by atoms with van der Waals surface area (Å²) in [6.45, 7) is 2.16. The van der Waals surface area contributed by atoms with Crippen LogP contribution in [0, 0.1) is 0 Å². The van der Waals surface area contributed by atoms with Crippen molar-refractivity contribution in [1.29, 1.82) is 0 Å². The molecule has 0 fully saturated rings. The smallest absolute Gasteiger partial charge is 0.243 e. The van der Waals surface area contributed by atoms with Gasteiger partial charge in [0.1, 0.15) is 0 Å². The van der Waals surface area contributed by atoms with Gasteiger partial charge in [-0.15, -0.1) is 0 Å². The molecule has 4 rings (SSSR count). The highest BCUT2D eigenvalue weighted by molar-refractivity contribution is 6.01. The molecule has 0 aliphatic carbocycles. The van der Waals surface area contributed by atoms with Crippen LogP contribution in [0.25, 0.3) is 0 Å². The van der Waals surface area contributed by atoms with Gasteiger partial charge >= 0.3 is 0 Å². The van der Waals surface area contributed by atoms with Crippen LogP contribution < -0.4 is 15.5 Å². The normalized spacial score (nSPS) is 16.0. The van der Waals surface area contributed by atoms with E-state index in [0.29, 0.717) is 6.54 Å². The monoisotopic (exact) mass is 279 g/mol. The van der Waals surface area contributed by atoms with Crippen molar-refractivity contribution in [3.63, 3.8) is 0 Å². The number of nitrogens with zero attached hydrogens (tertiary/aromatic N) is 1. The second-order valence-corrected chi connectivity index (χ2v) is 5.55. The van der Waals surface area contributed by atoms with Crippen LogP contribution in [0.15, 0.2) is 42.5 Å². The average molecular weight is 279 g/mol. The summed E-state index contributed by atoms with van der Waals surface area (Å²) in [6, 6.07) is 14.4. The Hall–Kier alpha value is -2.49. The molecule has 106 valence electrons. The average Bonchev–Trinajstić information content (AvgIpc) is 2.96. The van der Waals surface area contributed by atoms with Gasteiger partial charge in [0.05, 0.1) is 17.9 Å². The minimum atomic E-state index is 0.0502. The lowest BCUT2D eigenvalue weighted by molar-refractivity contribution is -0.115. The fourth-order valence-corrected chi connectivity index (χ4v) is 3.19. The first kappa shape index (κ1) is 12.3. The number of hydrogen-bond donors (Lipinski definition) is 2. The van der Waals surface area contributed by atoms with E-state index in [2.05, 4.69) is 39.8 Å². The fraction of sp³-hybridized carbons (Fsp3) is 0.235. The molecule has 0 aromatic heterocycles. The van der Waals surface area contributed by atoms with Crippen LogP contribution in [0.5, 0.6) is 0 Å². The lowest BCUT2D eigenvalue weighted by atomic mass is 10.1. The van der Waals surface area contributed by atoms with Crippen LogP contribution in [0.1, 0.15) is 11.1 Å². The Morgan fingerprint density at radius 3 is 2.95 bits per heavy atom. The second-order valence-electron chi connectivity index (χ2n) is 5.55. The molecule has 0 atom stereocenters. The van der Waals surface area contributed by atoms with Crippen molar-refractivity contribution in [1.82, 2.24) is 0 Å². The highest BCUT2D eigenvalue weighted by Gasteiger charge is 2.23. The van der Waals surface area contributed by atoms with Crippen molar-refractivity contribution in [3.05, 3.63) is 53.6 Å². The zero-order chi connectivity index (χ0) is 14.2. The first-order valence-electron chi connectivity index (χ1n) is 7.30. The summed E-state index contributed by atoms with van der Waals surface area (Å²) in [5.41, 5.74) is 5.87. The Bertz CT molecular complexity index is 711. The molecule has 0 spiro atoms. The van der Waals surface area contributed by atoms with Crippen LogP contribution in [0.2, 0.25) is 0 Å². The van der Waals surface area contributed by atoms with Crippen LogP contribution >= 0.6 is 0 Å². The van der Waals surface area contributed by atoms with Gasteiger partial charge in [0.15, 0.2) is 0 Å². The quantitative estimate of drug-likeness (QED) is 0.888. The van der Waals surface area contributed by atoms with E-state index < -0.39 is 0 Å². The zero-order valence-corrected chi connectivity index (χ0v) is 11.7. The third kappa shape index (κ3) is 2.13. The Kier molecular flexibility index (Phi) is 2.81. The molecule has 2 heterocycles. The van der Waals surface area contributed by atoms with Gasteiger partial charge in [-0.2, -0.15) is 0 Å². The highest BCUT2D eigenvalue weighted by atomic mass is 16.2. The molecule has 2 aromatic carbocycles. The number of fused-ring (bicyclic) bond motifs is 2.